The van der Waals surface area contributed by atoms with E-state index in [1.165, 1.54) is 22.0 Å². The maximum absolute atomic E-state index is 11.0. The van der Waals surface area contributed by atoms with Crippen molar-refractivity contribution < 1.29 is 19.3 Å². The van der Waals surface area contributed by atoms with Crippen molar-refractivity contribution in [2.24, 2.45) is 10.8 Å². The molecule has 2 aromatic heterocycles. The van der Waals surface area contributed by atoms with Gasteiger partial charge < -0.3 is 19.3 Å². The normalized spacial score (nSPS) is 12.6. The molecule has 0 atom stereocenters. The summed E-state index contributed by atoms with van der Waals surface area (Å²) in [5.41, 5.74) is 4.28. The number of aromatic hydroxyl groups is 1. The third-order valence-corrected chi connectivity index (χ3v) is 9.16. The van der Waals surface area contributed by atoms with E-state index in [1.807, 2.05) is 24.3 Å². The molecule has 0 radical (unpaired) electrons. The van der Waals surface area contributed by atoms with Gasteiger partial charge in [0, 0.05) is 11.1 Å². The van der Waals surface area contributed by atoms with Gasteiger partial charge in [0.2, 0.25) is 0 Å². The third-order valence-electron chi connectivity index (χ3n) is 8.92. The standard InChI is InChI=1S/C43H49ClN6O4/c1-40(2,3)25-42(7,8)27-11-16-30(17-12-27)52-37-45-38(53-31-18-13-28(14-19-31)43(9,10)26-41(4,5)6)47-39(46-37)54-32-20-22-35(36(51)24-32)50-48-33-21-15-29(44)23-34(33)49-50/h11-24,51H,25-26H2,1-10H3. The molecule has 0 saturated heterocycles. The molecule has 6 aromatic rings. The average Bonchev–Trinajstić information content (AvgIpc) is 3.46. The number of fused-ring (bicyclic) bond motifs is 1. The van der Waals surface area contributed by atoms with Crippen LogP contribution >= 0.6 is 11.6 Å². The maximum atomic E-state index is 11.0. The molecule has 0 bridgehead atoms. The van der Waals surface area contributed by atoms with Crippen LogP contribution in [0.5, 0.6) is 41.0 Å². The van der Waals surface area contributed by atoms with Gasteiger partial charge in [0.1, 0.15) is 39.7 Å². The summed E-state index contributed by atoms with van der Waals surface area (Å²) in [6, 6.07) is 25.7. The van der Waals surface area contributed by atoms with Crippen LogP contribution in [0.25, 0.3) is 16.7 Å². The Labute approximate surface area is 322 Å². The highest BCUT2D eigenvalue weighted by atomic mass is 35.5. The summed E-state index contributed by atoms with van der Waals surface area (Å²) < 4.78 is 18.4. The van der Waals surface area contributed by atoms with Crippen molar-refractivity contribution in [3.8, 4) is 46.7 Å². The van der Waals surface area contributed by atoms with Crippen LogP contribution in [0, 0.1) is 10.8 Å². The largest absolute Gasteiger partial charge is 0.505 e. The van der Waals surface area contributed by atoms with Crippen LogP contribution in [0.1, 0.15) is 93.2 Å². The van der Waals surface area contributed by atoms with Crippen molar-refractivity contribution in [3.05, 3.63) is 101 Å². The number of hydrogen-bond acceptors (Lipinski definition) is 9. The van der Waals surface area contributed by atoms with E-state index in [1.54, 1.807) is 30.3 Å². The van der Waals surface area contributed by atoms with E-state index in [0.29, 0.717) is 33.2 Å². The molecule has 0 unspecified atom stereocenters. The molecular weight excluding hydrogens is 700 g/mol. The minimum absolute atomic E-state index is 0.0217. The minimum atomic E-state index is -0.121. The lowest BCUT2D eigenvalue weighted by atomic mass is 9.72. The van der Waals surface area contributed by atoms with E-state index in [-0.39, 0.29) is 51.2 Å². The molecule has 0 saturated carbocycles. The number of benzene rings is 4. The first kappa shape index (κ1) is 38.5. The van der Waals surface area contributed by atoms with E-state index in [9.17, 15) is 5.11 Å². The van der Waals surface area contributed by atoms with Gasteiger partial charge in [0.15, 0.2) is 0 Å². The summed E-state index contributed by atoms with van der Waals surface area (Å²) in [6.45, 7) is 22.5. The lowest BCUT2D eigenvalue weighted by Crippen LogP contribution is -2.24. The van der Waals surface area contributed by atoms with E-state index in [0.717, 1.165) is 12.8 Å². The van der Waals surface area contributed by atoms with E-state index >= 15 is 0 Å². The first-order valence-electron chi connectivity index (χ1n) is 18.1. The van der Waals surface area contributed by atoms with Crippen LogP contribution in [-0.2, 0) is 10.8 Å². The molecule has 0 aliphatic heterocycles. The highest BCUT2D eigenvalue weighted by Gasteiger charge is 2.28. The van der Waals surface area contributed by atoms with Gasteiger partial charge in [-0.05, 0) is 100 Å². The zero-order valence-electron chi connectivity index (χ0n) is 32.7. The Balaban J connectivity index is 1.27. The molecule has 6 rings (SSSR count). The molecule has 2 heterocycles. The van der Waals surface area contributed by atoms with Crippen molar-refractivity contribution >= 4 is 22.6 Å². The van der Waals surface area contributed by atoms with Crippen LogP contribution in [-0.4, -0.2) is 35.1 Å². The van der Waals surface area contributed by atoms with Gasteiger partial charge >= 0.3 is 18.0 Å². The molecule has 1 N–H and O–H groups in total. The SMILES string of the molecule is CC(C)(C)CC(C)(C)c1ccc(Oc2nc(Oc3ccc(C(C)(C)CC(C)(C)C)cc3)nc(Oc3ccc(-n4nc5ccc(Cl)cc5n4)c(O)c3)n2)cc1. The highest BCUT2D eigenvalue weighted by molar-refractivity contribution is 6.31. The Hall–Kier alpha value is -5.22. The Kier molecular flexibility index (Phi) is 10.4. The molecular formula is C43H49ClN6O4. The number of phenols is 1. The van der Waals surface area contributed by atoms with Crippen molar-refractivity contribution in [2.75, 3.05) is 0 Å². The van der Waals surface area contributed by atoms with Crippen molar-refractivity contribution in [3.63, 3.8) is 0 Å². The number of aromatic nitrogens is 6. The number of phenolic OH excluding ortho intramolecular Hbond substituents is 1. The van der Waals surface area contributed by atoms with Crippen molar-refractivity contribution in [1.29, 1.82) is 0 Å². The zero-order valence-corrected chi connectivity index (χ0v) is 33.5. The molecule has 282 valence electrons. The number of nitrogens with zero attached hydrogens (tertiary/aromatic N) is 6. The minimum Gasteiger partial charge on any atom is -0.505 e. The van der Waals surface area contributed by atoms with Crippen molar-refractivity contribution in [2.45, 2.75) is 92.9 Å². The highest BCUT2D eigenvalue weighted by Crippen LogP contribution is 2.39. The summed E-state index contributed by atoms with van der Waals surface area (Å²) in [7, 11) is 0. The monoisotopic (exact) mass is 748 g/mol. The van der Waals surface area contributed by atoms with Gasteiger partial charge in [-0.3, -0.25) is 0 Å². The predicted molar refractivity (Wildman–Crippen MR) is 213 cm³/mol. The quantitative estimate of drug-likeness (QED) is 0.138. The molecule has 10 nitrogen and oxygen atoms in total. The average molecular weight is 749 g/mol. The Morgan fingerprint density at radius 2 is 0.963 bits per heavy atom. The maximum Gasteiger partial charge on any atom is 0.331 e. The van der Waals surface area contributed by atoms with E-state index < -0.39 is 0 Å². The second-order valence-corrected chi connectivity index (χ2v) is 18.0. The number of ether oxygens (including phenoxy) is 3. The Morgan fingerprint density at radius 1 is 0.537 bits per heavy atom. The van der Waals surface area contributed by atoms with Crippen LogP contribution < -0.4 is 14.2 Å². The summed E-state index contributed by atoms with van der Waals surface area (Å²) in [4.78, 5) is 14.7. The Morgan fingerprint density at radius 3 is 1.41 bits per heavy atom. The van der Waals surface area contributed by atoms with E-state index in [4.69, 9.17) is 25.8 Å². The first-order valence-corrected chi connectivity index (χ1v) is 18.5. The summed E-state index contributed by atoms with van der Waals surface area (Å²) in [6.07, 6.45) is 2.04. The molecule has 54 heavy (non-hydrogen) atoms. The molecule has 0 aliphatic rings. The van der Waals surface area contributed by atoms with Crippen molar-refractivity contribution in [1.82, 2.24) is 29.9 Å². The van der Waals surface area contributed by atoms with Crippen LogP contribution in [0.4, 0.5) is 0 Å². The lowest BCUT2D eigenvalue weighted by Gasteiger charge is -2.33. The van der Waals surface area contributed by atoms with Gasteiger partial charge in [-0.2, -0.15) is 0 Å². The summed E-state index contributed by atoms with van der Waals surface area (Å²) in [5.74, 6) is 1.22. The van der Waals surface area contributed by atoms with Gasteiger partial charge in [-0.15, -0.1) is 29.9 Å². The van der Waals surface area contributed by atoms with Gasteiger partial charge in [-0.25, -0.2) is 0 Å². The fourth-order valence-electron chi connectivity index (χ4n) is 7.31. The summed E-state index contributed by atoms with van der Waals surface area (Å²) >= 11 is 6.12. The van der Waals surface area contributed by atoms with E-state index in [2.05, 4.69) is 119 Å². The molecule has 0 spiro atoms. The second kappa shape index (κ2) is 14.5. The van der Waals surface area contributed by atoms with Gasteiger partial charge in [-0.1, -0.05) is 105 Å². The number of rotatable bonds is 11. The molecule has 0 fully saturated rings. The zero-order chi connectivity index (χ0) is 39.1. The Bertz CT molecular complexity index is 2160. The fourth-order valence-corrected chi connectivity index (χ4v) is 7.48. The molecule has 11 heteroatoms. The fraction of sp³-hybridized carbons (Fsp3) is 0.372. The van der Waals surface area contributed by atoms with Gasteiger partial charge in [0.05, 0.1) is 0 Å². The second-order valence-electron chi connectivity index (χ2n) is 17.6. The topological polar surface area (TPSA) is 117 Å². The van der Waals surface area contributed by atoms with Crippen LogP contribution in [0.2, 0.25) is 5.02 Å². The smallest absolute Gasteiger partial charge is 0.331 e. The third kappa shape index (κ3) is 9.65. The van der Waals surface area contributed by atoms with Crippen LogP contribution in [0.15, 0.2) is 84.9 Å². The van der Waals surface area contributed by atoms with Gasteiger partial charge in [0.25, 0.3) is 0 Å². The summed E-state index contributed by atoms with van der Waals surface area (Å²) in [5, 5.41) is 20.4. The first-order chi connectivity index (χ1) is 25.2. The predicted octanol–water partition coefficient (Wildman–Crippen LogP) is 11.8. The van der Waals surface area contributed by atoms with Crippen LogP contribution in [0.3, 0.4) is 0 Å². The lowest BCUT2D eigenvalue weighted by molar-refractivity contribution is 0.283. The number of hydrogen-bond donors (Lipinski definition) is 1. The molecule has 4 aromatic carbocycles. The molecule has 0 amide bonds. The molecule has 0 aliphatic carbocycles. The number of halogens is 1.